The molecule has 1 N–H and O–H groups in total. The predicted molar refractivity (Wildman–Crippen MR) is 78.7 cm³/mol. The molecule has 0 aliphatic carbocycles. The van der Waals surface area contributed by atoms with Crippen molar-refractivity contribution in [2.45, 2.75) is 44.6 Å². The maximum Gasteiger partial charge on any atom is 0.150 e. The van der Waals surface area contributed by atoms with Crippen molar-refractivity contribution >= 4 is 11.8 Å². The zero-order valence-corrected chi connectivity index (χ0v) is 12.7. The van der Waals surface area contributed by atoms with Crippen molar-refractivity contribution in [3.8, 4) is 0 Å². The van der Waals surface area contributed by atoms with E-state index in [-0.39, 0.29) is 6.04 Å². The number of hydrogen-bond donors (Lipinski definition) is 1. The van der Waals surface area contributed by atoms with Crippen molar-refractivity contribution in [1.82, 2.24) is 15.4 Å². The lowest BCUT2D eigenvalue weighted by atomic mass is 10.2. The van der Waals surface area contributed by atoms with Crippen LogP contribution in [0.5, 0.6) is 0 Å². The van der Waals surface area contributed by atoms with Gasteiger partial charge in [-0.3, -0.25) is 4.90 Å². The third-order valence-corrected chi connectivity index (χ3v) is 5.25. The van der Waals surface area contributed by atoms with Gasteiger partial charge in [0.15, 0.2) is 5.76 Å². The number of thioether (sulfide) groups is 1. The Morgan fingerprint density at radius 1 is 1.60 bits per heavy atom. The molecule has 2 aliphatic rings. The Morgan fingerprint density at radius 3 is 3.20 bits per heavy atom. The first-order valence-electron chi connectivity index (χ1n) is 7.32. The molecule has 0 radical (unpaired) electrons. The number of nitrogens with zero attached hydrogens (tertiary/aromatic N) is 2. The minimum absolute atomic E-state index is 0.265. The van der Waals surface area contributed by atoms with Crippen molar-refractivity contribution in [1.29, 1.82) is 0 Å². The summed E-state index contributed by atoms with van der Waals surface area (Å²) in [5, 5.41) is 7.49. The van der Waals surface area contributed by atoms with Crippen LogP contribution in [0.1, 0.15) is 24.3 Å². The fraction of sp³-hybridized carbons (Fsp3) is 0.786. The molecule has 4 nitrogen and oxygen atoms in total. The van der Waals surface area contributed by atoms with E-state index in [1.54, 1.807) is 0 Å². The minimum Gasteiger partial charge on any atom is -0.360 e. The second kappa shape index (κ2) is 6.45. The highest BCUT2D eigenvalue weighted by molar-refractivity contribution is 7.99. The monoisotopic (exact) mass is 299 g/mol. The van der Waals surface area contributed by atoms with Crippen LogP contribution in [0.4, 0.5) is 4.39 Å². The van der Waals surface area contributed by atoms with Crippen molar-refractivity contribution < 1.29 is 8.91 Å². The number of rotatable bonds is 5. The van der Waals surface area contributed by atoms with Crippen LogP contribution in [0.25, 0.3) is 0 Å². The van der Waals surface area contributed by atoms with Crippen LogP contribution in [0.2, 0.25) is 0 Å². The maximum atomic E-state index is 13.7. The molecule has 6 heteroatoms. The Labute approximate surface area is 123 Å². The van der Waals surface area contributed by atoms with Crippen molar-refractivity contribution in [2.75, 3.05) is 24.6 Å². The Hall–Kier alpha value is -0.590. The van der Waals surface area contributed by atoms with E-state index >= 15 is 0 Å². The van der Waals surface area contributed by atoms with Crippen molar-refractivity contribution in [3.05, 3.63) is 17.5 Å². The highest BCUT2D eigenvalue weighted by atomic mass is 32.2. The molecule has 112 valence electrons. The molecule has 20 heavy (non-hydrogen) atoms. The summed E-state index contributed by atoms with van der Waals surface area (Å²) in [6.45, 7) is 3.95. The van der Waals surface area contributed by atoms with E-state index in [4.69, 9.17) is 4.52 Å². The second-order valence-corrected chi connectivity index (χ2v) is 6.97. The first-order valence-corrected chi connectivity index (χ1v) is 8.47. The molecule has 2 fully saturated rings. The first-order chi connectivity index (χ1) is 9.70. The van der Waals surface area contributed by atoms with Gasteiger partial charge in [0.1, 0.15) is 6.17 Å². The van der Waals surface area contributed by atoms with Gasteiger partial charge in [0.05, 0.1) is 12.2 Å². The van der Waals surface area contributed by atoms with E-state index in [0.29, 0.717) is 25.6 Å². The first kappa shape index (κ1) is 14.4. The number of likely N-dealkylation sites (tertiary alicyclic amines) is 1. The largest absolute Gasteiger partial charge is 0.360 e. The van der Waals surface area contributed by atoms with Crippen molar-refractivity contribution in [2.24, 2.45) is 0 Å². The van der Waals surface area contributed by atoms with Gasteiger partial charge < -0.3 is 9.84 Å². The van der Waals surface area contributed by atoms with Gasteiger partial charge in [0, 0.05) is 37.0 Å². The van der Waals surface area contributed by atoms with Crippen LogP contribution in [0.3, 0.4) is 0 Å². The zero-order chi connectivity index (χ0) is 13.9. The second-order valence-electron chi connectivity index (χ2n) is 5.82. The molecular weight excluding hydrogens is 277 g/mol. The van der Waals surface area contributed by atoms with Crippen LogP contribution in [0.15, 0.2) is 10.6 Å². The number of alkyl halides is 1. The summed E-state index contributed by atoms with van der Waals surface area (Å²) in [4.78, 5) is 2.18. The Morgan fingerprint density at radius 2 is 2.50 bits per heavy atom. The standard InChI is InChI=1S/C14H22FN3OS/c1-10-4-14(19-17-10)8-18-7-11(15)5-13(18)6-16-12-2-3-20-9-12/h4,11-13,16H,2-3,5-9H2,1H3/t11-,12?,13-/m0/s1. The lowest BCUT2D eigenvalue weighted by Crippen LogP contribution is -2.41. The molecule has 2 aliphatic heterocycles. The fourth-order valence-electron chi connectivity index (χ4n) is 3.02. The number of hydrogen-bond acceptors (Lipinski definition) is 5. The molecule has 0 amide bonds. The van der Waals surface area contributed by atoms with Crippen LogP contribution >= 0.6 is 11.8 Å². The number of nitrogens with one attached hydrogen (secondary N) is 1. The maximum absolute atomic E-state index is 13.7. The Kier molecular flexibility index (Phi) is 4.63. The van der Waals surface area contributed by atoms with Crippen molar-refractivity contribution in [3.63, 3.8) is 0 Å². The average Bonchev–Trinajstić information content (AvgIpc) is 3.10. The van der Waals surface area contributed by atoms with Crippen LogP contribution < -0.4 is 5.32 Å². The van der Waals surface area contributed by atoms with Gasteiger partial charge >= 0.3 is 0 Å². The predicted octanol–water partition coefficient (Wildman–Crippen LogP) is 1.99. The van der Waals surface area contributed by atoms with Gasteiger partial charge in [0.2, 0.25) is 0 Å². The number of aryl methyl sites for hydroxylation is 1. The van der Waals surface area contributed by atoms with E-state index in [1.165, 1.54) is 17.9 Å². The highest BCUT2D eigenvalue weighted by Crippen LogP contribution is 2.23. The molecule has 1 aromatic rings. The normalized spacial score (nSPS) is 31.2. The molecule has 1 aromatic heterocycles. The zero-order valence-electron chi connectivity index (χ0n) is 11.8. The highest BCUT2D eigenvalue weighted by Gasteiger charge is 2.33. The summed E-state index contributed by atoms with van der Waals surface area (Å²) in [5.41, 5.74) is 0.883. The SMILES string of the molecule is Cc1cc(CN2C[C@@H](F)C[C@H]2CNC2CCSC2)on1. The van der Waals surface area contributed by atoms with E-state index in [9.17, 15) is 4.39 Å². The number of halogens is 1. The van der Waals surface area contributed by atoms with Gasteiger partial charge in [-0.2, -0.15) is 11.8 Å². The lowest BCUT2D eigenvalue weighted by Gasteiger charge is -2.24. The Bertz CT molecular complexity index is 436. The van der Waals surface area contributed by atoms with Gasteiger partial charge in [0.25, 0.3) is 0 Å². The van der Waals surface area contributed by atoms with E-state index in [1.807, 2.05) is 24.8 Å². The molecule has 0 bridgehead atoms. The topological polar surface area (TPSA) is 41.3 Å². The number of aromatic nitrogens is 1. The van der Waals surface area contributed by atoms with E-state index < -0.39 is 6.17 Å². The Balaban J connectivity index is 1.53. The molecule has 2 saturated heterocycles. The molecule has 0 saturated carbocycles. The summed E-state index contributed by atoms with van der Waals surface area (Å²) in [7, 11) is 0. The van der Waals surface area contributed by atoms with E-state index in [2.05, 4.69) is 15.4 Å². The molecule has 3 atom stereocenters. The van der Waals surface area contributed by atoms with Crippen LogP contribution in [-0.4, -0.2) is 52.9 Å². The fourth-order valence-corrected chi connectivity index (χ4v) is 4.20. The quantitative estimate of drug-likeness (QED) is 0.900. The summed E-state index contributed by atoms with van der Waals surface area (Å²) < 4.78 is 19.0. The smallest absolute Gasteiger partial charge is 0.150 e. The summed E-state index contributed by atoms with van der Waals surface area (Å²) in [6, 6.07) is 2.80. The van der Waals surface area contributed by atoms with Gasteiger partial charge in [-0.15, -0.1) is 0 Å². The van der Waals surface area contributed by atoms with Crippen LogP contribution in [-0.2, 0) is 6.54 Å². The lowest BCUT2D eigenvalue weighted by molar-refractivity contribution is 0.202. The molecule has 3 rings (SSSR count). The average molecular weight is 299 g/mol. The third kappa shape index (κ3) is 3.54. The van der Waals surface area contributed by atoms with E-state index in [0.717, 1.165) is 18.0 Å². The summed E-state index contributed by atoms with van der Waals surface area (Å²) in [5.74, 6) is 3.26. The van der Waals surface area contributed by atoms with Gasteiger partial charge in [-0.05, 0) is 25.5 Å². The van der Waals surface area contributed by atoms with Crippen LogP contribution in [0, 0.1) is 6.92 Å². The summed E-state index contributed by atoms with van der Waals surface area (Å²) in [6.07, 6.45) is 1.14. The third-order valence-electron chi connectivity index (χ3n) is 4.08. The molecule has 0 spiro atoms. The van der Waals surface area contributed by atoms with Gasteiger partial charge in [-0.1, -0.05) is 5.16 Å². The molecular formula is C14H22FN3OS. The minimum atomic E-state index is -0.719. The molecule has 0 aromatic carbocycles. The molecule has 3 heterocycles. The van der Waals surface area contributed by atoms with Gasteiger partial charge in [-0.25, -0.2) is 4.39 Å². The molecule has 1 unspecified atom stereocenters. The summed E-state index contributed by atoms with van der Waals surface area (Å²) >= 11 is 2.00.